The van der Waals surface area contributed by atoms with Gasteiger partial charge in [-0.05, 0) is 0 Å². The van der Waals surface area contributed by atoms with Crippen molar-refractivity contribution in [1.29, 1.82) is 0 Å². The van der Waals surface area contributed by atoms with E-state index in [0.717, 1.165) is 0 Å². The molecule has 0 fully saturated rings. The molecule has 0 radical (unpaired) electrons. The van der Waals surface area contributed by atoms with Gasteiger partial charge in [-0.3, -0.25) is 0 Å². The van der Waals surface area contributed by atoms with E-state index < -0.39 is 0 Å². The van der Waals surface area contributed by atoms with Crippen LogP contribution < -0.4 is 0 Å². The predicted molar refractivity (Wildman–Crippen MR) is 2.06 cm³/mol. The van der Waals surface area contributed by atoms with Crippen LogP contribution in [0.3, 0.4) is 0 Å². The van der Waals surface area contributed by atoms with E-state index in [2.05, 4.69) is 0 Å². The molecule has 0 aromatic carbocycles. The molecule has 5 heteroatoms. The van der Waals surface area contributed by atoms with Crippen molar-refractivity contribution in [2.24, 2.45) is 0 Å². The van der Waals surface area contributed by atoms with Crippen LogP contribution in [0.25, 0.3) is 0 Å². The summed E-state index contributed by atoms with van der Waals surface area (Å²) < 4.78 is 0. The van der Waals surface area contributed by atoms with Crippen molar-refractivity contribution in [2.45, 2.75) is 0 Å². The Morgan fingerprint density at radius 3 is 0.400 bits per heavy atom. The Kier molecular flexibility index (Phi) is 3030. The van der Waals surface area contributed by atoms with Gasteiger partial charge in [-0.15, -0.1) is 0 Å². The molecule has 0 aliphatic heterocycles. The van der Waals surface area contributed by atoms with E-state index >= 15 is 0 Å². The molecule has 40 valence electrons. The van der Waals surface area contributed by atoms with E-state index in [1.54, 1.807) is 0 Å². The van der Waals surface area contributed by atoms with E-state index in [1.807, 2.05) is 0 Å². The summed E-state index contributed by atoms with van der Waals surface area (Å²) in [6.45, 7) is 0. The van der Waals surface area contributed by atoms with Gasteiger partial charge in [0.25, 0.3) is 0 Å². The minimum atomic E-state index is 0. The maximum absolute atomic E-state index is 0. The van der Waals surface area contributed by atoms with Crippen molar-refractivity contribution in [3.8, 4) is 0 Å². The Hall–Kier alpha value is 0.919. The molecule has 0 rings (SSSR count). The maximum atomic E-state index is 0. The van der Waals surface area contributed by atoms with Gasteiger partial charge in [-0.2, -0.15) is 0 Å². The minimum Gasteiger partial charge on any atom is -2.00 e. The molecule has 0 unspecified atom stereocenters. The molecule has 3 nitrogen and oxygen atoms in total. The Morgan fingerprint density at radius 2 is 0.400 bits per heavy atom. The normalized spacial score (nSPS) is 0. The smallest absolute Gasteiger partial charge is 2.00 e. The molecule has 0 N–H and O–H groups in total. The van der Waals surface area contributed by atoms with Crippen LogP contribution in [0.1, 0.15) is 0 Å². The van der Waals surface area contributed by atoms with Crippen molar-refractivity contribution < 1.29 is 50.6 Å². The Bertz CT molecular complexity index is 4.85. The molecule has 0 aliphatic carbocycles. The standard InChI is InChI=1S/2Cu.3O/q2*+3;3*-2. The molecular weight excluding hydrogens is 175 g/mol. The molecule has 0 aliphatic rings. The molecule has 5 heavy (non-hydrogen) atoms. The van der Waals surface area contributed by atoms with Crippen LogP contribution in [0.2, 0.25) is 0 Å². The summed E-state index contributed by atoms with van der Waals surface area (Å²) in [6, 6.07) is 0. The second kappa shape index (κ2) is 89.5. The fourth-order valence-corrected chi connectivity index (χ4v) is 0. The first kappa shape index (κ1) is 170. The predicted octanol–water partition coefficient (Wildman–Crippen LogP) is -0.361. The van der Waals surface area contributed by atoms with E-state index in [9.17, 15) is 0 Å². The van der Waals surface area contributed by atoms with Gasteiger partial charge in [-0.25, -0.2) is 0 Å². The second-order valence-electron chi connectivity index (χ2n) is 0. The van der Waals surface area contributed by atoms with E-state index in [0.29, 0.717) is 0 Å². The Morgan fingerprint density at radius 1 is 0.400 bits per heavy atom. The minimum absolute atomic E-state index is 0. The molecule has 0 saturated heterocycles. The van der Waals surface area contributed by atoms with Gasteiger partial charge in [0.15, 0.2) is 0 Å². The number of rotatable bonds is 0. The van der Waals surface area contributed by atoms with Crippen molar-refractivity contribution in [3.05, 3.63) is 0 Å². The van der Waals surface area contributed by atoms with Gasteiger partial charge < -0.3 is 16.4 Å². The van der Waals surface area contributed by atoms with E-state index in [4.69, 9.17) is 0 Å². The number of hydrogen-bond acceptors (Lipinski definition) is 0. The first-order valence-electron chi connectivity index (χ1n) is 0. The summed E-state index contributed by atoms with van der Waals surface area (Å²) in [4.78, 5) is 0. The summed E-state index contributed by atoms with van der Waals surface area (Å²) in [7, 11) is 0. The van der Waals surface area contributed by atoms with Crippen molar-refractivity contribution in [1.82, 2.24) is 0 Å². The first-order valence-corrected chi connectivity index (χ1v) is 0. The zero-order valence-electron chi connectivity index (χ0n) is 1.83. The molecule has 0 aromatic heterocycles. The topological polar surface area (TPSA) is 85.5 Å². The SMILES string of the molecule is [Cu+3].[Cu+3].[O-2].[O-2].[O-2]. The van der Waals surface area contributed by atoms with Crippen molar-refractivity contribution in [2.75, 3.05) is 0 Å². The van der Waals surface area contributed by atoms with Crippen LogP contribution in [0.5, 0.6) is 0 Å². The van der Waals surface area contributed by atoms with Crippen LogP contribution in [-0.4, -0.2) is 0 Å². The van der Waals surface area contributed by atoms with Crippen LogP contribution >= 0.6 is 0 Å². The van der Waals surface area contributed by atoms with Crippen LogP contribution in [0, 0.1) is 0 Å². The zero-order chi connectivity index (χ0) is 0. The first-order chi connectivity index (χ1) is 0. The number of hydrogen-bond donors (Lipinski definition) is 0. The van der Waals surface area contributed by atoms with Gasteiger partial charge in [0, 0.05) is 0 Å². The summed E-state index contributed by atoms with van der Waals surface area (Å²) in [5.41, 5.74) is 0. The van der Waals surface area contributed by atoms with Gasteiger partial charge in [-0.1, -0.05) is 0 Å². The third kappa shape index (κ3) is 49.6. The van der Waals surface area contributed by atoms with Crippen molar-refractivity contribution >= 4 is 0 Å². The molecular formula is Cu2O3. The van der Waals surface area contributed by atoms with Gasteiger partial charge >= 0.3 is 34.1 Å². The summed E-state index contributed by atoms with van der Waals surface area (Å²) in [6.07, 6.45) is 0. The monoisotopic (exact) mass is 174 g/mol. The van der Waals surface area contributed by atoms with E-state index in [1.165, 1.54) is 0 Å². The molecule has 0 spiro atoms. The molecule has 0 bridgehead atoms. The third-order valence-electron chi connectivity index (χ3n) is 0. The summed E-state index contributed by atoms with van der Waals surface area (Å²) >= 11 is 0. The molecule has 0 amide bonds. The van der Waals surface area contributed by atoms with Gasteiger partial charge in [0.2, 0.25) is 0 Å². The average molecular weight is 175 g/mol. The van der Waals surface area contributed by atoms with Crippen LogP contribution in [-0.2, 0) is 50.6 Å². The molecule has 0 saturated carbocycles. The van der Waals surface area contributed by atoms with Crippen molar-refractivity contribution in [3.63, 3.8) is 0 Å². The van der Waals surface area contributed by atoms with Crippen LogP contribution in [0.15, 0.2) is 0 Å². The fraction of sp³-hybridized carbons (Fsp3) is 0. The average Bonchev–Trinajstić information content (AvgIpc) is 0. The zero-order valence-corrected chi connectivity index (χ0v) is 3.71. The Balaban J connectivity index is 0. The molecule has 0 aromatic rings. The Labute approximate surface area is 51.0 Å². The summed E-state index contributed by atoms with van der Waals surface area (Å²) in [5, 5.41) is 0. The molecule has 0 heterocycles. The van der Waals surface area contributed by atoms with Gasteiger partial charge in [0.05, 0.1) is 0 Å². The molecule has 0 atom stereocenters. The maximum Gasteiger partial charge on any atom is 3.00 e. The quantitative estimate of drug-likeness (QED) is 0.450. The largest absolute Gasteiger partial charge is 3.00 e. The van der Waals surface area contributed by atoms with Crippen LogP contribution in [0.4, 0.5) is 0 Å². The summed E-state index contributed by atoms with van der Waals surface area (Å²) in [5.74, 6) is 0. The van der Waals surface area contributed by atoms with E-state index in [-0.39, 0.29) is 50.6 Å². The van der Waals surface area contributed by atoms with Gasteiger partial charge in [0.1, 0.15) is 0 Å². The third-order valence-corrected chi connectivity index (χ3v) is 0. The fourth-order valence-electron chi connectivity index (χ4n) is 0. The second-order valence-corrected chi connectivity index (χ2v) is 0.